The minimum absolute atomic E-state index is 0.844. The first-order valence-electron chi connectivity index (χ1n) is 8.46. The van der Waals surface area contributed by atoms with Gasteiger partial charge >= 0.3 is 0 Å². The Morgan fingerprint density at radius 2 is 1.72 bits per heavy atom. The molecule has 0 aliphatic rings. The minimum Gasteiger partial charge on any atom is -0.546 e. The molecule has 0 aliphatic carbocycles. The molecule has 0 atom stereocenters. The highest BCUT2D eigenvalue weighted by Gasteiger charge is 2.11. The molecular formula is C21H22N2OSi. The van der Waals surface area contributed by atoms with Crippen LogP contribution in [0.3, 0.4) is 0 Å². The number of hydrogen-bond donors (Lipinski definition) is 0. The van der Waals surface area contributed by atoms with Gasteiger partial charge in [-0.25, -0.2) is 4.99 Å². The van der Waals surface area contributed by atoms with Gasteiger partial charge in [0.25, 0.3) is 0 Å². The van der Waals surface area contributed by atoms with E-state index in [1.807, 2.05) is 42.5 Å². The zero-order chi connectivity index (χ0) is 17.6. The number of pyridine rings is 1. The highest BCUT2D eigenvalue weighted by molar-refractivity contribution is 6.49. The zero-order valence-electron chi connectivity index (χ0n) is 14.8. The predicted molar refractivity (Wildman–Crippen MR) is 107 cm³/mol. The van der Waals surface area contributed by atoms with Crippen molar-refractivity contribution >= 4 is 20.4 Å². The van der Waals surface area contributed by atoms with Crippen LogP contribution in [0.15, 0.2) is 77.9 Å². The number of aryl methyl sites for hydroxylation is 1. The van der Waals surface area contributed by atoms with E-state index in [0.29, 0.717) is 0 Å². The molecule has 0 saturated carbocycles. The van der Waals surface area contributed by atoms with Crippen molar-refractivity contribution in [1.29, 1.82) is 0 Å². The van der Waals surface area contributed by atoms with E-state index in [1.165, 1.54) is 0 Å². The van der Waals surface area contributed by atoms with Gasteiger partial charge in [-0.15, -0.1) is 0 Å². The Morgan fingerprint density at radius 3 is 2.40 bits per heavy atom. The van der Waals surface area contributed by atoms with Crippen LogP contribution in [-0.4, -0.2) is 19.7 Å². The van der Waals surface area contributed by atoms with E-state index < -0.39 is 9.04 Å². The van der Waals surface area contributed by atoms with Crippen molar-refractivity contribution in [2.75, 3.05) is 0 Å². The van der Waals surface area contributed by atoms with E-state index in [-0.39, 0.29) is 0 Å². The quantitative estimate of drug-likeness (QED) is 0.485. The average Bonchev–Trinajstić information content (AvgIpc) is 2.63. The maximum absolute atomic E-state index is 6.08. The van der Waals surface area contributed by atoms with Crippen LogP contribution in [0.2, 0.25) is 13.1 Å². The molecule has 0 radical (unpaired) electrons. The third-order valence-electron chi connectivity index (χ3n) is 3.66. The summed E-state index contributed by atoms with van der Waals surface area (Å²) < 4.78 is 6.08. The summed E-state index contributed by atoms with van der Waals surface area (Å²) in [6.45, 7) is 6.38. The van der Waals surface area contributed by atoms with Crippen molar-refractivity contribution in [2.45, 2.75) is 20.0 Å². The number of nitrogens with zero attached hydrogens (tertiary/aromatic N) is 2. The Balaban J connectivity index is 2.15. The second-order valence-corrected chi connectivity index (χ2v) is 8.51. The Bertz CT molecular complexity index is 820. The van der Waals surface area contributed by atoms with Gasteiger partial charge in [0.05, 0.1) is 11.4 Å². The summed E-state index contributed by atoms with van der Waals surface area (Å²) in [5, 5.41) is 0. The van der Waals surface area contributed by atoms with Crippen molar-refractivity contribution in [3.63, 3.8) is 0 Å². The highest BCUT2D eigenvalue weighted by Crippen LogP contribution is 2.30. The molecule has 0 unspecified atom stereocenters. The molecule has 0 amide bonds. The Labute approximate surface area is 150 Å². The number of benzene rings is 2. The lowest BCUT2D eigenvalue weighted by molar-refractivity contribution is 0.582. The molecule has 3 aromatic rings. The molecule has 0 N–H and O–H groups in total. The van der Waals surface area contributed by atoms with Gasteiger partial charge in [0, 0.05) is 11.8 Å². The van der Waals surface area contributed by atoms with Gasteiger partial charge in [0.2, 0.25) is 9.04 Å². The number of rotatable bonds is 5. The second-order valence-electron chi connectivity index (χ2n) is 6.18. The fraction of sp³-hybridized carbons (Fsp3) is 0.143. The maximum Gasteiger partial charge on any atom is 0.229 e. The van der Waals surface area contributed by atoms with Crippen LogP contribution in [-0.2, 0) is 0 Å². The Kier molecular flexibility index (Phi) is 5.41. The van der Waals surface area contributed by atoms with Crippen LogP contribution in [0, 0.1) is 6.92 Å². The fourth-order valence-corrected chi connectivity index (χ4v) is 3.26. The molecule has 1 aromatic heterocycles. The third-order valence-corrected chi connectivity index (χ3v) is 4.39. The van der Waals surface area contributed by atoms with Crippen LogP contribution < -0.4 is 4.43 Å². The van der Waals surface area contributed by atoms with Crippen LogP contribution in [0.25, 0.3) is 0 Å². The molecule has 25 heavy (non-hydrogen) atoms. The van der Waals surface area contributed by atoms with Crippen molar-refractivity contribution in [2.24, 2.45) is 4.99 Å². The number of hydrogen-bond acceptors (Lipinski definition) is 3. The van der Waals surface area contributed by atoms with E-state index in [1.54, 1.807) is 6.20 Å². The summed E-state index contributed by atoms with van der Waals surface area (Å²) in [6.07, 6.45) is 1.79. The summed E-state index contributed by atoms with van der Waals surface area (Å²) in [4.78, 5) is 9.47. The second kappa shape index (κ2) is 7.90. The van der Waals surface area contributed by atoms with E-state index in [2.05, 4.69) is 49.3 Å². The van der Waals surface area contributed by atoms with Gasteiger partial charge in [-0.05, 0) is 49.8 Å². The smallest absolute Gasteiger partial charge is 0.229 e. The lowest BCUT2D eigenvalue weighted by Gasteiger charge is -2.14. The van der Waals surface area contributed by atoms with Crippen LogP contribution in [0.1, 0.15) is 16.8 Å². The molecule has 0 bridgehead atoms. The molecule has 1 heterocycles. The standard InChI is InChI=1S/C21H22N2OSi/c1-16-12-13-20(24-25(2)3)19(15-16)23-21(17-9-5-4-6-10-17)18-11-7-8-14-22-18/h4-15,25H,1-3H3. The van der Waals surface area contributed by atoms with E-state index in [0.717, 1.165) is 34.0 Å². The van der Waals surface area contributed by atoms with Gasteiger partial charge < -0.3 is 4.43 Å². The highest BCUT2D eigenvalue weighted by atomic mass is 28.3. The Morgan fingerprint density at radius 1 is 0.960 bits per heavy atom. The molecule has 0 spiro atoms. The van der Waals surface area contributed by atoms with Gasteiger partial charge in [-0.1, -0.05) is 42.5 Å². The average molecular weight is 347 g/mol. The topological polar surface area (TPSA) is 34.5 Å². The SMILES string of the molecule is Cc1ccc(O[SiH](C)C)c(N=C(c2ccccc2)c2ccccn2)c1. The monoisotopic (exact) mass is 346 g/mol. The van der Waals surface area contributed by atoms with E-state index in [4.69, 9.17) is 9.42 Å². The lowest BCUT2D eigenvalue weighted by atomic mass is 10.1. The summed E-state index contributed by atoms with van der Waals surface area (Å²) >= 11 is 0. The largest absolute Gasteiger partial charge is 0.546 e. The summed E-state index contributed by atoms with van der Waals surface area (Å²) in [7, 11) is -1.22. The first kappa shape index (κ1) is 17.1. The fourth-order valence-electron chi connectivity index (χ4n) is 2.56. The molecule has 3 rings (SSSR count). The molecule has 0 fully saturated rings. The van der Waals surface area contributed by atoms with E-state index >= 15 is 0 Å². The molecule has 0 saturated heterocycles. The van der Waals surface area contributed by atoms with Crippen molar-refractivity contribution in [1.82, 2.24) is 4.98 Å². The first-order valence-corrected chi connectivity index (χ1v) is 11.2. The normalized spacial score (nSPS) is 11.6. The molecule has 4 heteroatoms. The van der Waals surface area contributed by atoms with Gasteiger partial charge in [-0.2, -0.15) is 0 Å². The molecular weight excluding hydrogens is 324 g/mol. The van der Waals surface area contributed by atoms with Gasteiger partial charge in [0.1, 0.15) is 11.4 Å². The zero-order valence-corrected chi connectivity index (χ0v) is 16.0. The van der Waals surface area contributed by atoms with Crippen molar-refractivity contribution in [3.8, 4) is 5.75 Å². The van der Waals surface area contributed by atoms with Gasteiger partial charge in [-0.3, -0.25) is 4.98 Å². The predicted octanol–water partition coefficient (Wildman–Crippen LogP) is 4.92. The lowest BCUT2D eigenvalue weighted by Crippen LogP contribution is -2.11. The van der Waals surface area contributed by atoms with Crippen LogP contribution in [0.4, 0.5) is 5.69 Å². The third kappa shape index (κ3) is 4.42. The molecule has 2 aromatic carbocycles. The number of aliphatic imine (C=N–C) groups is 1. The minimum atomic E-state index is -1.22. The molecule has 0 aliphatic heterocycles. The maximum atomic E-state index is 6.08. The summed E-state index contributed by atoms with van der Waals surface area (Å²) in [5.74, 6) is 0.844. The Hall–Kier alpha value is -2.72. The van der Waals surface area contributed by atoms with E-state index in [9.17, 15) is 0 Å². The summed E-state index contributed by atoms with van der Waals surface area (Å²) in [5.41, 5.74) is 4.75. The van der Waals surface area contributed by atoms with Gasteiger partial charge in [0.15, 0.2) is 0 Å². The van der Waals surface area contributed by atoms with Crippen molar-refractivity contribution < 1.29 is 4.43 Å². The first-order chi connectivity index (χ1) is 12.1. The van der Waals surface area contributed by atoms with Crippen LogP contribution >= 0.6 is 0 Å². The van der Waals surface area contributed by atoms with Crippen LogP contribution in [0.5, 0.6) is 5.75 Å². The number of aromatic nitrogens is 1. The molecule has 3 nitrogen and oxygen atoms in total. The summed E-state index contributed by atoms with van der Waals surface area (Å²) in [6, 6.07) is 22.2. The van der Waals surface area contributed by atoms with Crippen molar-refractivity contribution in [3.05, 3.63) is 89.7 Å². The molecule has 126 valence electrons.